The molecule has 0 aliphatic carbocycles. The van der Waals surface area contributed by atoms with Gasteiger partial charge in [0.2, 0.25) is 0 Å². The number of aromatic nitrogens is 3. The molecule has 2 aromatic carbocycles. The molecule has 0 amide bonds. The lowest BCUT2D eigenvalue weighted by molar-refractivity contribution is 0.155. The molecule has 0 radical (unpaired) electrons. The van der Waals surface area contributed by atoms with Crippen LogP contribution in [0.2, 0.25) is 0 Å². The summed E-state index contributed by atoms with van der Waals surface area (Å²) in [6.07, 6.45) is 2.62. The highest BCUT2D eigenvalue weighted by molar-refractivity contribution is 5.66. The molecule has 4 aromatic rings. The smallest absolute Gasteiger partial charge is 0.276 e. The van der Waals surface area contributed by atoms with E-state index >= 15 is 0 Å². The first-order chi connectivity index (χ1) is 13.7. The Bertz CT molecular complexity index is 1130. The molecule has 1 atom stereocenters. The van der Waals surface area contributed by atoms with Crippen LogP contribution in [0.5, 0.6) is 5.75 Å². The summed E-state index contributed by atoms with van der Waals surface area (Å²) in [7, 11) is 0. The van der Waals surface area contributed by atoms with Gasteiger partial charge in [-0.2, -0.15) is 5.10 Å². The molecule has 4 rings (SSSR count). The van der Waals surface area contributed by atoms with Gasteiger partial charge < -0.3 is 14.4 Å². The van der Waals surface area contributed by atoms with Gasteiger partial charge in [-0.3, -0.25) is 4.79 Å². The summed E-state index contributed by atoms with van der Waals surface area (Å²) >= 11 is 0. The number of benzene rings is 2. The number of aliphatic hydroxyl groups is 1. The highest BCUT2D eigenvalue weighted by Gasteiger charge is 2.13. The van der Waals surface area contributed by atoms with Gasteiger partial charge in [0.25, 0.3) is 5.56 Å². The molecule has 0 fully saturated rings. The van der Waals surface area contributed by atoms with Crippen molar-refractivity contribution in [3.8, 4) is 17.0 Å². The quantitative estimate of drug-likeness (QED) is 0.561. The largest absolute Gasteiger partial charge is 0.494 e. The van der Waals surface area contributed by atoms with E-state index in [2.05, 4.69) is 5.10 Å². The van der Waals surface area contributed by atoms with E-state index in [-0.39, 0.29) is 12.1 Å². The Labute approximate surface area is 162 Å². The van der Waals surface area contributed by atoms with Crippen molar-refractivity contribution in [2.24, 2.45) is 0 Å². The minimum absolute atomic E-state index is 0.183. The molecule has 2 heterocycles. The van der Waals surface area contributed by atoms with Crippen molar-refractivity contribution >= 4 is 5.52 Å². The molecule has 6 nitrogen and oxygen atoms in total. The van der Waals surface area contributed by atoms with Gasteiger partial charge in [0, 0.05) is 18.0 Å². The lowest BCUT2D eigenvalue weighted by Gasteiger charge is -2.13. The van der Waals surface area contributed by atoms with E-state index in [1.165, 1.54) is 4.57 Å². The maximum absolute atomic E-state index is 12.9. The summed E-state index contributed by atoms with van der Waals surface area (Å²) in [5.74, 6) is 0.798. The predicted octanol–water partition coefficient (Wildman–Crippen LogP) is 3.30. The lowest BCUT2D eigenvalue weighted by atomic mass is 10.1. The zero-order valence-electron chi connectivity index (χ0n) is 15.5. The van der Waals surface area contributed by atoms with Crippen LogP contribution in [0.25, 0.3) is 16.8 Å². The van der Waals surface area contributed by atoms with Gasteiger partial charge >= 0.3 is 0 Å². The highest BCUT2D eigenvalue weighted by atomic mass is 16.5. The van der Waals surface area contributed by atoms with Crippen molar-refractivity contribution in [3.05, 3.63) is 89.0 Å². The summed E-state index contributed by atoms with van der Waals surface area (Å²) in [5, 5.41) is 14.9. The summed E-state index contributed by atoms with van der Waals surface area (Å²) in [6, 6.07) is 18.7. The summed E-state index contributed by atoms with van der Waals surface area (Å²) in [4.78, 5) is 12.9. The first-order valence-electron chi connectivity index (χ1n) is 9.21. The molecule has 0 bridgehead atoms. The number of ether oxygens (including phenoxy) is 1. The topological polar surface area (TPSA) is 68.8 Å². The molecule has 0 saturated carbocycles. The van der Waals surface area contributed by atoms with E-state index in [4.69, 9.17) is 4.74 Å². The minimum atomic E-state index is -0.755. The number of hydrogen-bond acceptors (Lipinski definition) is 4. The van der Waals surface area contributed by atoms with Crippen molar-refractivity contribution < 1.29 is 9.84 Å². The van der Waals surface area contributed by atoms with Crippen molar-refractivity contribution in [1.29, 1.82) is 0 Å². The molecule has 1 N–H and O–H groups in total. The van der Waals surface area contributed by atoms with Gasteiger partial charge in [-0.1, -0.05) is 30.3 Å². The highest BCUT2D eigenvalue weighted by Crippen LogP contribution is 2.22. The van der Waals surface area contributed by atoms with Gasteiger partial charge in [-0.25, -0.2) is 4.52 Å². The second kappa shape index (κ2) is 7.70. The Morgan fingerprint density at radius 3 is 2.54 bits per heavy atom. The Morgan fingerprint density at radius 1 is 1.07 bits per heavy atom. The van der Waals surface area contributed by atoms with E-state index in [0.29, 0.717) is 17.8 Å². The Kier molecular flexibility index (Phi) is 4.95. The average molecular weight is 375 g/mol. The molecular weight excluding hydrogens is 354 g/mol. The van der Waals surface area contributed by atoms with E-state index in [1.807, 2.05) is 61.5 Å². The molecule has 0 saturated heterocycles. The fourth-order valence-electron chi connectivity index (χ4n) is 3.17. The number of nitrogens with zero attached hydrogens (tertiary/aromatic N) is 3. The molecule has 0 spiro atoms. The third-order valence-electron chi connectivity index (χ3n) is 4.62. The molecule has 2 aromatic heterocycles. The summed E-state index contributed by atoms with van der Waals surface area (Å²) in [5.41, 5.74) is 2.66. The van der Waals surface area contributed by atoms with Crippen LogP contribution in [0.15, 0.2) is 77.9 Å². The first kappa shape index (κ1) is 18.0. The van der Waals surface area contributed by atoms with Crippen LogP contribution in [-0.2, 0) is 6.54 Å². The Balaban J connectivity index is 1.63. The van der Waals surface area contributed by atoms with Crippen LogP contribution in [0.4, 0.5) is 0 Å². The molecular formula is C22H21N3O3. The minimum Gasteiger partial charge on any atom is -0.494 e. The van der Waals surface area contributed by atoms with Gasteiger partial charge in [0.05, 0.1) is 24.9 Å². The van der Waals surface area contributed by atoms with Crippen LogP contribution in [0, 0.1) is 0 Å². The standard InChI is InChI=1S/C22H21N3O3/c1-2-28-18-10-8-16(9-11-18)19-14-20-22(27)24(12-13-25(20)23-19)15-21(26)17-6-4-3-5-7-17/h3-14,21,26H,2,15H2,1H3/t21-/m0/s1. The van der Waals surface area contributed by atoms with Crippen molar-refractivity contribution in [3.63, 3.8) is 0 Å². The van der Waals surface area contributed by atoms with E-state index in [1.54, 1.807) is 23.0 Å². The van der Waals surface area contributed by atoms with Crippen LogP contribution in [0.1, 0.15) is 18.6 Å². The molecule has 142 valence electrons. The first-order valence-corrected chi connectivity index (χ1v) is 9.21. The second-order valence-corrected chi connectivity index (χ2v) is 6.50. The lowest BCUT2D eigenvalue weighted by Crippen LogP contribution is -2.24. The van der Waals surface area contributed by atoms with Crippen LogP contribution < -0.4 is 10.3 Å². The number of rotatable bonds is 6. The zero-order chi connectivity index (χ0) is 19.5. The molecule has 6 heteroatoms. The fraction of sp³-hybridized carbons (Fsp3) is 0.182. The second-order valence-electron chi connectivity index (χ2n) is 6.50. The molecule has 0 unspecified atom stereocenters. The normalized spacial score (nSPS) is 12.2. The third-order valence-corrected chi connectivity index (χ3v) is 4.62. The zero-order valence-corrected chi connectivity index (χ0v) is 15.5. The van der Waals surface area contributed by atoms with Crippen LogP contribution in [-0.4, -0.2) is 25.9 Å². The number of aliphatic hydroxyl groups excluding tert-OH is 1. The van der Waals surface area contributed by atoms with E-state index < -0.39 is 6.10 Å². The maximum Gasteiger partial charge on any atom is 0.276 e. The average Bonchev–Trinajstić information content (AvgIpc) is 3.17. The number of hydrogen-bond donors (Lipinski definition) is 1. The van der Waals surface area contributed by atoms with Gasteiger partial charge in [0.1, 0.15) is 11.3 Å². The number of fused-ring (bicyclic) bond motifs is 1. The third kappa shape index (κ3) is 3.54. The van der Waals surface area contributed by atoms with Gasteiger partial charge in [-0.15, -0.1) is 0 Å². The summed E-state index contributed by atoms with van der Waals surface area (Å²) < 4.78 is 8.54. The van der Waals surface area contributed by atoms with Crippen molar-refractivity contribution in [2.75, 3.05) is 6.61 Å². The monoisotopic (exact) mass is 375 g/mol. The van der Waals surface area contributed by atoms with Gasteiger partial charge in [-0.05, 0) is 42.8 Å². The Hall–Kier alpha value is -3.38. The van der Waals surface area contributed by atoms with Crippen molar-refractivity contribution in [1.82, 2.24) is 14.2 Å². The molecule has 0 aliphatic rings. The SMILES string of the molecule is CCOc1ccc(-c2cc3c(=O)n(C[C@H](O)c4ccccc4)ccn3n2)cc1. The Morgan fingerprint density at radius 2 is 1.82 bits per heavy atom. The predicted molar refractivity (Wildman–Crippen MR) is 107 cm³/mol. The molecule has 28 heavy (non-hydrogen) atoms. The maximum atomic E-state index is 12.9. The fourth-order valence-corrected chi connectivity index (χ4v) is 3.17. The van der Waals surface area contributed by atoms with Gasteiger partial charge in [0.15, 0.2) is 0 Å². The van der Waals surface area contributed by atoms with E-state index in [0.717, 1.165) is 16.9 Å². The van der Waals surface area contributed by atoms with Crippen LogP contribution >= 0.6 is 0 Å². The summed E-state index contributed by atoms with van der Waals surface area (Å²) in [6.45, 7) is 2.74. The van der Waals surface area contributed by atoms with Crippen molar-refractivity contribution in [2.45, 2.75) is 19.6 Å². The van der Waals surface area contributed by atoms with E-state index in [9.17, 15) is 9.90 Å². The molecule has 0 aliphatic heterocycles. The van der Waals surface area contributed by atoms with Crippen LogP contribution in [0.3, 0.4) is 0 Å².